The third kappa shape index (κ3) is 5.11. The van der Waals surface area contributed by atoms with E-state index in [1.807, 2.05) is 38.4 Å². The highest BCUT2D eigenvalue weighted by atomic mass is 32.2. The Morgan fingerprint density at radius 1 is 1.48 bits per heavy atom. The van der Waals surface area contributed by atoms with Crippen LogP contribution in [0.1, 0.15) is 34.8 Å². The number of nitrogens with zero attached hydrogens (tertiary/aromatic N) is 1. The second-order valence-electron chi connectivity index (χ2n) is 5.03. The Morgan fingerprint density at radius 2 is 2.19 bits per heavy atom. The smallest absolute Gasteiger partial charge is 0.253 e. The van der Waals surface area contributed by atoms with Crippen LogP contribution >= 0.6 is 11.8 Å². The number of aryl methyl sites for hydroxylation is 1. The highest BCUT2D eigenvalue weighted by Crippen LogP contribution is 2.14. The maximum Gasteiger partial charge on any atom is 0.253 e. The molecule has 0 saturated carbocycles. The molecule has 1 aromatic carbocycles. The number of benzene rings is 1. The summed E-state index contributed by atoms with van der Waals surface area (Å²) in [5, 5.41) is 8.73. The molecule has 1 N–H and O–H groups in total. The molecular weight excluding hydrogens is 282 g/mol. The third-order valence-corrected chi connectivity index (χ3v) is 4.14. The van der Waals surface area contributed by atoms with Gasteiger partial charge < -0.3 is 10.0 Å². The number of carbonyl (C=O) groups is 1. The van der Waals surface area contributed by atoms with Gasteiger partial charge in [-0.3, -0.25) is 4.79 Å². The van der Waals surface area contributed by atoms with Gasteiger partial charge in [0.2, 0.25) is 0 Å². The highest BCUT2D eigenvalue weighted by Gasteiger charge is 2.17. The van der Waals surface area contributed by atoms with Crippen LogP contribution in [0.15, 0.2) is 18.2 Å². The van der Waals surface area contributed by atoms with Gasteiger partial charge in [-0.1, -0.05) is 11.8 Å². The van der Waals surface area contributed by atoms with Gasteiger partial charge in [-0.25, -0.2) is 0 Å². The normalized spacial score (nSPS) is 11.5. The van der Waals surface area contributed by atoms with Gasteiger partial charge in [-0.15, -0.1) is 0 Å². The van der Waals surface area contributed by atoms with Crippen LogP contribution in [-0.2, 0) is 0 Å². The lowest BCUT2D eigenvalue weighted by Gasteiger charge is -2.24. The largest absolute Gasteiger partial charge is 0.395 e. The predicted octanol–water partition coefficient (Wildman–Crippen LogP) is 2.55. The lowest BCUT2D eigenvalue weighted by atomic mass is 10.0. The van der Waals surface area contributed by atoms with Gasteiger partial charge >= 0.3 is 0 Å². The fourth-order valence-electron chi connectivity index (χ4n) is 1.91. The second kappa shape index (κ2) is 8.76. The molecule has 0 aliphatic rings. The lowest BCUT2D eigenvalue weighted by molar-refractivity contribution is 0.0757. The molecule has 1 amide bonds. The van der Waals surface area contributed by atoms with Crippen molar-refractivity contribution in [3.63, 3.8) is 0 Å². The van der Waals surface area contributed by atoms with Gasteiger partial charge in [0.05, 0.1) is 6.61 Å². The molecule has 1 unspecified atom stereocenters. The van der Waals surface area contributed by atoms with E-state index in [9.17, 15) is 4.79 Å². The number of aliphatic hydroxyl groups is 1. The van der Waals surface area contributed by atoms with Gasteiger partial charge in [0, 0.05) is 36.4 Å². The van der Waals surface area contributed by atoms with Crippen molar-refractivity contribution in [2.24, 2.45) is 0 Å². The monoisotopic (exact) mass is 305 g/mol. The molecule has 0 aromatic heterocycles. The van der Waals surface area contributed by atoms with E-state index in [2.05, 4.69) is 18.8 Å². The Balaban J connectivity index is 2.88. The first-order valence-corrected chi connectivity index (χ1v) is 8.37. The third-order valence-electron chi connectivity index (χ3n) is 3.32. The van der Waals surface area contributed by atoms with Gasteiger partial charge in [0.1, 0.15) is 0 Å². The van der Waals surface area contributed by atoms with E-state index in [4.69, 9.17) is 5.11 Å². The topological polar surface area (TPSA) is 40.5 Å². The van der Waals surface area contributed by atoms with Gasteiger partial charge in [-0.2, -0.15) is 11.8 Å². The fourth-order valence-corrected chi connectivity index (χ4v) is 2.61. The molecule has 0 bridgehead atoms. The molecule has 1 atom stereocenters. The van der Waals surface area contributed by atoms with Crippen LogP contribution in [0.3, 0.4) is 0 Å². The van der Waals surface area contributed by atoms with E-state index in [0.717, 1.165) is 16.9 Å². The molecule has 0 aliphatic carbocycles. The van der Waals surface area contributed by atoms with E-state index in [-0.39, 0.29) is 18.6 Å². The van der Waals surface area contributed by atoms with Crippen molar-refractivity contribution in [1.29, 1.82) is 0 Å². The molecule has 0 heterocycles. The molecule has 0 spiro atoms. The summed E-state index contributed by atoms with van der Waals surface area (Å²) in [6, 6.07) is 5.78. The Hall–Kier alpha value is -1.44. The number of hydrogen-bond acceptors (Lipinski definition) is 3. The number of thioether (sulfide) groups is 1. The van der Waals surface area contributed by atoms with Crippen molar-refractivity contribution < 1.29 is 9.90 Å². The predicted molar refractivity (Wildman–Crippen MR) is 89.7 cm³/mol. The first kappa shape index (κ1) is 17.6. The number of hydrogen-bond donors (Lipinski definition) is 1. The molecule has 4 heteroatoms. The van der Waals surface area contributed by atoms with Crippen LogP contribution in [0.5, 0.6) is 0 Å². The first-order chi connectivity index (χ1) is 10.0. The summed E-state index contributed by atoms with van der Waals surface area (Å²) in [6.45, 7) is 4.07. The second-order valence-corrected chi connectivity index (χ2v) is 5.94. The van der Waals surface area contributed by atoms with E-state index >= 15 is 0 Å². The van der Waals surface area contributed by atoms with Crippen molar-refractivity contribution in [2.45, 2.75) is 26.3 Å². The summed E-state index contributed by atoms with van der Waals surface area (Å²) >= 11 is 1.73. The zero-order valence-electron chi connectivity index (χ0n) is 13.1. The van der Waals surface area contributed by atoms with E-state index < -0.39 is 0 Å². The SMILES string of the molecule is CSCC(C)N(C)C(=O)c1ccc(C#CCCO)c(C)c1. The maximum absolute atomic E-state index is 12.4. The Kier molecular flexibility index (Phi) is 7.35. The lowest BCUT2D eigenvalue weighted by Crippen LogP contribution is -2.36. The van der Waals surface area contributed by atoms with Crippen LogP contribution in [0.25, 0.3) is 0 Å². The van der Waals surface area contributed by atoms with Crippen LogP contribution < -0.4 is 0 Å². The molecule has 0 radical (unpaired) electrons. The quantitative estimate of drug-likeness (QED) is 0.850. The van der Waals surface area contributed by atoms with Crippen LogP contribution in [-0.4, -0.2) is 47.6 Å². The van der Waals surface area contributed by atoms with Crippen LogP contribution in [0, 0.1) is 18.8 Å². The minimum absolute atomic E-state index is 0.0366. The fraction of sp³-hybridized carbons (Fsp3) is 0.471. The minimum Gasteiger partial charge on any atom is -0.395 e. The summed E-state index contributed by atoms with van der Waals surface area (Å²) in [5.41, 5.74) is 2.58. The Morgan fingerprint density at radius 3 is 2.76 bits per heavy atom. The Bertz CT molecular complexity index is 545. The maximum atomic E-state index is 12.4. The molecule has 21 heavy (non-hydrogen) atoms. The van der Waals surface area contributed by atoms with Crippen molar-refractivity contribution in [1.82, 2.24) is 4.90 Å². The summed E-state index contributed by atoms with van der Waals surface area (Å²) in [6.07, 6.45) is 2.51. The van der Waals surface area contributed by atoms with Gasteiger partial charge in [0.25, 0.3) is 5.91 Å². The van der Waals surface area contributed by atoms with Crippen molar-refractivity contribution in [3.05, 3.63) is 34.9 Å². The van der Waals surface area contributed by atoms with Gasteiger partial charge in [0.15, 0.2) is 0 Å². The molecule has 1 aromatic rings. The highest BCUT2D eigenvalue weighted by molar-refractivity contribution is 7.98. The standard InChI is InChI=1S/C17H23NO2S/c1-13-11-16(9-8-15(13)7-5-6-10-19)17(20)18(3)14(2)12-21-4/h8-9,11,14,19H,6,10,12H2,1-4H3. The van der Waals surface area contributed by atoms with Crippen molar-refractivity contribution in [2.75, 3.05) is 25.7 Å². The number of amides is 1. The molecule has 0 fully saturated rings. The molecule has 0 aliphatic heterocycles. The molecular formula is C17H23NO2S. The van der Waals surface area contributed by atoms with Crippen LogP contribution in [0.4, 0.5) is 0 Å². The molecule has 0 saturated heterocycles. The van der Waals surface area contributed by atoms with Crippen molar-refractivity contribution >= 4 is 17.7 Å². The molecule has 114 valence electrons. The van der Waals surface area contributed by atoms with Gasteiger partial charge in [-0.05, 0) is 43.9 Å². The number of rotatable bonds is 5. The summed E-state index contributed by atoms with van der Waals surface area (Å²) in [5.74, 6) is 6.87. The summed E-state index contributed by atoms with van der Waals surface area (Å²) in [4.78, 5) is 14.2. The Labute approximate surface area is 131 Å². The minimum atomic E-state index is 0.0366. The van der Waals surface area contributed by atoms with E-state index in [1.165, 1.54) is 0 Å². The molecule has 1 rings (SSSR count). The zero-order valence-corrected chi connectivity index (χ0v) is 14.0. The van der Waals surface area contributed by atoms with E-state index in [0.29, 0.717) is 12.0 Å². The summed E-state index contributed by atoms with van der Waals surface area (Å²) in [7, 11) is 1.84. The first-order valence-electron chi connectivity index (χ1n) is 6.97. The molecule has 3 nitrogen and oxygen atoms in total. The van der Waals surface area contributed by atoms with Crippen LogP contribution in [0.2, 0.25) is 0 Å². The van der Waals surface area contributed by atoms with E-state index in [1.54, 1.807) is 16.7 Å². The summed E-state index contributed by atoms with van der Waals surface area (Å²) < 4.78 is 0. The number of aliphatic hydroxyl groups excluding tert-OH is 1. The number of carbonyl (C=O) groups excluding carboxylic acids is 1. The van der Waals surface area contributed by atoms with Crippen molar-refractivity contribution in [3.8, 4) is 11.8 Å². The average molecular weight is 305 g/mol. The zero-order chi connectivity index (χ0) is 15.8. The average Bonchev–Trinajstić information content (AvgIpc) is 2.47.